The highest BCUT2D eigenvalue weighted by Gasteiger charge is 2.14. The molecule has 0 spiro atoms. The zero-order chi connectivity index (χ0) is 12.3. The van der Waals surface area contributed by atoms with Gasteiger partial charge in [-0.05, 0) is 35.8 Å². The Balaban J connectivity index is 2.13. The van der Waals surface area contributed by atoms with Crippen LogP contribution in [0, 0.1) is 0 Å². The maximum Gasteiger partial charge on any atom is 0.221 e. The van der Waals surface area contributed by atoms with Crippen LogP contribution >= 0.6 is 11.8 Å². The van der Waals surface area contributed by atoms with E-state index < -0.39 is 0 Å². The van der Waals surface area contributed by atoms with Gasteiger partial charge in [0.15, 0.2) is 0 Å². The van der Waals surface area contributed by atoms with E-state index in [0.717, 1.165) is 12.0 Å². The summed E-state index contributed by atoms with van der Waals surface area (Å²) in [6.45, 7) is 0. The van der Waals surface area contributed by atoms with E-state index in [1.807, 2.05) is 17.8 Å². The quantitative estimate of drug-likeness (QED) is 0.861. The fourth-order valence-corrected chi connectivity index (χ4v) is 3.05. The molecule has 3 nitrogen and oxygen atoms in total. The van der Waals surface area contributed by atoms with Gasteiger partial charge in [0.05, 0.1) is 0 Å². The summed E-state index contributed by atoms with van der Waals surface area (Å²) in [7, 11) is 1.64. The number of carbonyl (C=O) groups is 1. The van der Waals surface area contributed by atoms with Crippen molar-refractivity contribution in [2.75, 3.05) is 12.8 Å². The summed E-state index contributed by atoms with van der Waals surface area (Å²) in [5.74, 6) is 1.20. The number of thioether (sulfide) groups is 1. The van der Waals surface area contributed by atoms with E-state index in [9.17, 15) is 4.79 Å². The van der Waals surface area contributed by atoms with Gasteiger partial charge < -0.3 is 11.1 Å². The van der Waals surface area contributed by atoms with Crippen molar-refractivity contribution in [1.82, 2.24) is 5.32 Å². The summed E-state index contributed by atoms with van der Waals surface area (Å²) in [6, 6.07) is 6.14. The summed E-state index contributed by atoms with van der Waals surface area (Å²) in [4.78, 5) is 12.7. The standard InChI is InChI=1S/C13H18N2OS/c1-15-13(16)8-11(14)9-4-5-12-10(7-9)3-2-6-17-12/h4-5,7,11H,2-3,6,8,14H2,1H3,(H,15,16). The normalized spacial score (nSPS) is 16.1. The second-order valence-corrected chi connectivity index (χ2v) is 5.44. The summed E-state index contributed by atoms with van der Waals surface area (Å²) >= 11 is 1.91. The van der Waals surface area contributed by atoms with Gasteiger partial charge in [-0.15, -0.1) is 11.8 Å². The van der Waals surface area contributed by atoms with E-state index in [-0.39, 0.29) is 11.9 Å². The van der Waals surface area contributed by atoms with Gasteiger partial charge in [-0.3, -0.25) is 4.79 Å². The van der Waals surface area contributed by atoms with Gasteiger partial charge in [0.25, 0.3) is 0 Å². The molecule has 0 bridgehead atoms. The molecule has 17 heavy (non-hydrogen) atoms. The number of aryl methyl sites for hydroxylation is 1. The van der Waals surface area contributed by atoms with E-state index in [1.54, 1.807) is 7.05 Å². The van der Waals surface area contributed by atoms with E-state index in [1.165, 1.54) is 22.6 Å². The molecule has 1 heterocycles. The van der Waals surface area contributed by atoms with Crippen molar-refractivity contribution < 1.29 is 4.79 Å². The maximum absolute atomic E-state index is 11.3. The molecule has 92 valence electrons. The zero-order valence-electron chi connectivity index (χ0n) is 10.0. The van der Waals surface area contributed by atoms with Gasteiger partial charge in [0.1, 0.15) is 0 Å². The molecule has 0 aromatic heterocycles. The molecule has 0 fully saturated rings. The van der Waals surface area contributed by atoms with E-state index in [4.69, 9.17) is 5.73 Å². The molecule has 4 heteroatoms. The van der Waals surface area contributed by atoms with E-state index in [2.05, 4.69) is 17.4 Å². The molecule has 1 amide bonds. The Labute approximate surface area is 106 Å². The number of hydrogen-bond donors (Lipinski definition) is 2. The van der Waals surface area contributed by atoms with Crippen molar-refractivity contribution >= 4 is 17.7 Å². The third-order valence-electron chi connectivity index (χ3n) is 3.04. The molecule has 0 aliphatic carbocycles. The van der Waals surface area contributed by atoms with Crippen molar-refractivity contribution in [3.63, 3.8) is 0 Å². The second kappa shape index (κ2) is 5.56. The van der Waals surface area contributed by atoms with Crippen LogP contribution in [0.2, 0.25) is 0 Å². The topological polar surface area (TPSA) is 55.1 Å². The largest absolute Gasteiger partial charge is 0.359 e. The number of carbonyl (C=O) groups excluding carboxylic acids is 1. The van der Waals surface area contributed by atoms with Gasteiger partial charge in [0, 0.05) is 24.4 Å². The number of rotatable bonds is 3. The SMILES string of the molecule is CNC(=O)CC(N)c1ccc2c(c1)CCCS2. The zero-order valence-corrected chi connectivity index (χ0v) is 10.8. The minimum Gasteiger partial charge on any atom is -0.359 e. The van der Waals surface area contributed by atoms with E-state index in [0.29, 0.717) is 6.42 Å². The summed E-state index contributed by atoms with van der Waals surface area (Å²) in [5.41, 5.74) is 8.48. The molecule has 1 aliphatic rings. The second-order valence-electron chi connectivity index (χ2n) is 4.30. The number of hydrogen-bond acceptors (Lipinski definition) is 3. The molecule has 1 aromatic carbocycles. The predicted molar refractivity (Wildman–Crippen MR) is 71.1 cm³/mol. The van der Waals surface area contributed by atoms with Crippen LogP contribution in [0.15, 0.2) is 23.1 Å². The molecule has 0 saturated carbocycles. The highest BCUT2D eigenvalue weighted by atomic mass is 32.2. The van der Waals surface area contributed by atoms with Crippen LogP contribution < -0.4 is 11.1 Å². The molecule has 3 N–H and O–H groups in total. The summed E-state index contributed by atoms with van der Waals surface area (Å²) < 4.78 is 0. The number of amides is 1. The molecule has 2 rings (SSSR count). The number of benzene rings is 1. The van der Waals surface area contributed by atoms with Crippen molar-refractivity contribution in [3.8, 4) is 0 Å². The molecule has 1 aliphatic heterocycles. The molecular formula is C13H18N2OS. The van der Waals surface area contributed by atoms with Crippen molar-refractivity contribution in [1.29, 1.82) is 0 Å². The van der Waals surface area contributed by atoms with Crippen LogP contribution in [0.5, 0.6) is 0 Å². The summed E-state index contributed by atoms with van der Waals surface area (Å²) in [5, 5.41) is 2.60. The Morgan fingerprint density at radius 3 is 3.18 bits per heavy atom. The Hall–Kier alpha value is -1.00. The maximum atomic E-state index is 11.3. The summed E-state index contributed by atoms with van der Waals surface area (Å²) in [6.07, 6.45) is 2.71. The molecule has 1 aromatic rings. The van der Waals surface area contributed by atoms with Crippen molar-refractivity contribution in [3.05, 3.63) is 29.3 Å². The minimum atomic E-state index is -0.202. The van der Waals surface area contributed by atoms with Crippen molar-refractivity contribution in [2.45, 2.75) is 30.2 Å². The Bertz CT molecular complexity index is 420. The van der Waals surface area contributed by atoms with Crippen LogP contribution in [0.25, 0.3) is 0 Å². The van der Waals surface area contributed by atoms with Gasteiger partial charge >= 0.3 is 0 Å². The molecular weight excluding hydrogens is 232 g/mol. The van der Waals surface area contributed by atoms with Crippen molar-refractivity contribution in [2.24, 2.45) is 5.73 Å². The lowest BCUT2D eigenvalue weighted by atomic mass is 9.99. The third kappa shape index (κ3) is 3.01. The first-order valence-electron chi connectivity index (χ1n) is 5.92. The fourth-order valence-electron chi connectivity index (χ4n) is 2.03. The first-order chi connectivity index (χ1) is 8.20. The Morgan fingerprint density at radius 1 is 1.59 bits per heavy atom. The Kier molecular flexibility index (Phi) is 4.07. The fraction of sp³-hybridized carbons (Fsp3) is 0.462. The van der Waals surface area contributed by atoms with Crippen LogP contribution in [0.1, 0.15) is 30.0 Å². The first-order valence-corrected chi connectivity index (χ1v) is 6.91. The lowest BCUT2D eigenvalue weighted by molar-refractivity contribution is -0.120. The minimum absolute atomic E-state index is 0.00963. The molecule has 1 atom stereocenters. The monoisotopic (exact) mass is 250 g/mol. The van der Waals surface area contributed by atoms with Crippen LogP contribution in [-0.4, -0.2) is 18.7 Å². The van der Waals surface area contributed by atoms with Gasteiger partial charge in [0.2, 0.25) is 5.91 Å². The van der Waals surface area contributed by atoms with Gasteiger partial charge in [-0.25, -0.2) is 0 Å². The Morgan fingerprint density at radius 2 is 2.41 bits per heavy atom. The molecule has 1 unspecified atom stereocenters. The average molecular weight is 250 g/mol. The van der Waals surface area contributed by atoms with Crippen LogP contribution in [0.4, 0.5) is 0 Å². The number of nitrogens with two attached hydrogens (primary N) is 1. The first kappa shape index (κ1) is 12.5. The number of fused-ring (bicyclic) bond motifs is 1. The van der Waals surface area contributed by atoms with Crippen LogP contribution in [0.3, 0.4) is 0 Å². The lowest BCUT2D eigenvalue weighted by Crippen LogP contribution is -2.24. The van der Waals surface area contributed by atoms with E-state index >= 15 is 0 Å². The third-order valence-corrected chi connectivity index (χ3v) is 4.25. The smallest absolute Gasteiger partial charge is 0.221 e. The lowest BCUT2D eigenvalue weighted by Gasteiger charge is -2.18. The predicted octanol–water partition coefficient (Wildman–Crippen LogP) is 1.86. The molecule has 0 saturated heterocycles. The van der Waals surface area contributed by atoms with Gasteiger partial charge in [-0.1, -0.05) is 12.1 Å². The van der Waals surface area contributed by atoms with Gasteiger partial charge in [-0.2, -0.15) is 0 Å². The highest BCUT2D eigenvalue weighted by molar-refractivity contribution is 7.99. The molecule has 0 radical (unpaired) electrons. The van der Waals surface area contributed by atoms with Crippen LogP contribution in [-0.2, 0) is 11.2 Å². The number of nitrogens with one attached hydrogen (secondary N) is 1. The average Bonchev–Trinajstić information content (AvgIpc) is 2.38. The highest BCUT2D eigenvalue weighted by Crippen LogP contribution is 2.31.